The lowest BCUT2D eigenvalue weighted by atomic mass is 10.2. The quantitative estimate of drug-likeness (QED) is 0.624. The van der Waals surface area contributed by atoms with Crippen LogP contribution >= 0.6 is 23.2 Å². The first-order chi connectivity index (χ1) is 7.77. The van der Waals surface area contributed by atoms with Crippen molar-refractivity contribution in [2.75, 3.05) is 24.8 Å². The minimum atomic E-state index is -0.183. The summed E-state index contributed by atoms with van der Waals surface area (Å²) >= 11 is 11.2. The highest BCUT2D eigenvalue weighted by Gasteiger charge is 2.09. The number of carbonyl (C=O) groups excluding carboxylic acids is 1. The molecule has 0 spiro atoms. The van der Waals surface area contributed by atoms with E-state index in [0.717, 1.165) is 0 Å². The first-order valence-corrected chi connectivity index (χ1v) is 5.92. The average molecular weight is 262 g/mol. The van der Waals surface area contributed by atoms with Crippen LogP contribution in [0.4, 0.5) is 0 Å². The van der Waals surface area contributed by atoms with Crippen LogP contribution in [-0.4, -0.2) is 40.7 Å². The topological polar surface area (TPSA) is 45.2 Å². The highest BCUT2D eigenvalue weighted by atomic mass is 35.5. The Labute approximate surface area is 105 Å². The number of rotatable bonds is 6. The number of nitrogens with one attached hydrogen (secondary N) is 1. The lowest BCUT2D eigenvalue weighted by Gasteiger charge is -2.20. The van der Waals surface area contributed by atoms with Crippen molar-refractivity contribution in [2.45, 2.75) is 0 Å². The molecule has 1 aromatic rings. The summed E-state index contributed by atoms with van der Waals surface area (Å²) < 4.78 is 0. The Balaban J connectivity index is 2.54. The minimum absolute atomic E-state index is 0.183. The van der Waals surface area contributed by atoms with E-state index in [4.69, 9.17) is 23.2 Å². The fourth-order valence-electron chi connectivity index (χ4n) is 1.14. The molecular weight excluding hydrogens is 249 g/mol. The molecule has 0 aliphatic carbocycles. The molecule has 0 unspecified atom stereocenters. The molecule has 1 amide bonds. The third-order valence-corrected chi connectivity index (χ3v) is 2.25. The second kappa shape index (κ2) is 7.44. The Bertz CT molecular complexity index is 315. The van der Waals surface area contributed by atoms with E-state index >= 15 is 0 Å². The molecule has 0 saturated heterocycles. The van der Waals surface area contributed by atoms with Gasteiger partial charge in [0.2, 0.25) is 0 Å². The molecule has 0 radical (unpaired) electrons. The van der Waals surface area contributed by atoms with Crippen molar-refractivity contribution < 1.29 is 4.79 Å². The summed E-state index contributed by atoms with van der Waals surface area (Å²) in [4.78, 5) is 15.6. The molecule has 1 heterocycles. The van der Waals surface area contributed by atoms with Gasteiger partial charge in [-0.05, 0) is 12.1 Å². The third-order valence-electron chi connectivity index (χ3n) is 1.91. The fourth-order valence-corrected chi connectivity index (χ4v) is 1.55. The van der Waals surface area contributed by atoms with Crippen LogP contribution < -0.4 is 5.43 Å². The summed E-state index contributed by atoms with van der Waals surface area (Å²) in [5.41, 5.74) is 3.29. The molecular formula is C10H13Cl2N3O. The van der Waals surface area contributed by atoms with Gasteiger partial charge in [0.05, 0.1) is 0 Å². The van der Waals surface area contributed by atoms with E-state index in [0.29, 0.717) is 30.4 Å². The van der Waals surface area contributed by atoms with Crippen LogP contribution in [0.25, 0.3) is 0 Å². The van der Waals surface area contributed by atoms with Crippen molar-refractivity contribution in [1.29, 1.82) is 0 Å². The number of nitrogens with zero attached hydrogens (tertiary/aromatic N) is 2. The van der Waals surface area contributed by atoms with Gasteiger partial charge in [-0.15, -0.1) is 23.2 Å². The SMILES string of the molecule is O=C(NN(CCCl)CCCl)c1ccncc1. The van der Waals surface area contributed by atoms with E-state index in [9.17, 15) is 4.79 Å². The molecule has 1 aromatic heterocycles. The van der Waals surface area contributed by atoms with Crippen molar-refractivity contribution in [3.05, 3.63) is 30.1 Å². The second-order valence-corrected chi connectivity index (χ2v) is 3.80. The van der Waals surface area contributed by atoms with Gasteiger partial charge in [-0.2, -0.15) is 0 Å². The second-order valence-electron chi connectivity index (χ2n) is 3.04. The Kier molecular flexibility index (Phi) is 6.15. The predicted octanol–water partition coefficient (Wildman–Crippen LogP) is 1.51. The largest absolute Gasteiger partial charge is 0.285 e. The normalized spacial score (nSPS) is 10.4. The van der Waals surface area contributed by atoms with Crippen LogP contribution in [0.15, 0.2) is 24.5 Å². The van der Waals surface area contributed by atoms with Crippen molar-refractivity contribution in [2.24, 2.45) is 0 Å². The number of hydrazine groups is 1. The zero-order valence-corrected chi connectivity index (χ0v) is 10.2. The van der Waals surface area contributed by atoms with E-state index in [2.05, 4.69) is 10.4 Å². The highest BCUT2D eigenvalue weighted by Crippen LogP contribution is 1.97. The molecule has 0 atom stereocenters. The van der Waals surface area contributed by atoms with Gasteiger partial charge in [0, 0.05) is 42.8 Å². The van der Waals surface area contributed by atoms with Gasteiger partial charge in [-0.3, -0.25) is 15.2 Å². The number of pyridine rings is 1. The van der Waals surface area contributed by atoms with Crippen LogP contribution in [0.5, 0.6) is 0 Å². The summed E-state index contributed by atoms with van der Waals surface area (Å²) in [6.07, 6.45) is 3.14. The maximum atomic E-state index is 11.7. The van der Waals surface area contributed by atoms with E-state index in [1.165, 1.54) is 0 Å². The number of amides is 1. The molecule has 0 aliphatic rings. The fraction of sp³-hybridized carbons (Fsp3) is 0.400. The number of hydrogen-bond donors (Lipinski definition) is 1. The van der Waals surface area contributed by atoms with Gasteiger partial charge >= 0.3 is 0 Å². The van der Waals surface area contributed by atoms with Gasteiger partial charge in [-0.1, -0.05) is 0 Å². The van der Waals surface area contributed by atoms with Gasteiger partial charge in [0.1, 0.15) is 0 Å². The molecule has 0 aromatic carbocycles. The van der Waals surface area contributed by atoms with Crippen LogP contribution in [0.2, 0.25) is 0 Å². The molecule has 88 valence electrons. The summed E-state index contributed by atoms with van der Waals surface area (Å²) in [7, 11) is 0. The Morgan fingerprint density at radius 1 is 1.25 bits per heavy atom. The van der Waals surface area contributed by atoms with Crippen molar-refractivity contribution in [3.63, 3.8) is 0 Å². The highest BCUT2D eigenvalue weighted by molar-refractivity contribution is 6.18. The standard InChI is InChI=1S/C10H13Cl2N3O/c11-3-7-15(8-4-12)14-10(16)9-1-5-13-6-2-9/h1-2,5-6H,3-4,7-8H2,(H,14,16). The Morgan fingerprint density at radius 3 is 2.31 bits per heavy atom. The molecule has 0 bridgehead atoms. The van der Waals surface area contributed by atoms with Gasteiger partial charge < -0.3 is 0 Å². The van der Waals surface area contributed by atoms with E-state index in [-0.39, 0.29) is 5.91 Å². The summed E-state index contributed by atoms with van der Waals surface area (Å²) in [6, 6.07) is 3.30. The third kappa shape index (κ3) is 4.35. The number of hydrogen-bond acceptors (Lipinski definition) is 3. The Morgan fingerprint density at radius 2 is 1.81 bits per heavy atom. The van der Waals surface area contributed by atoms with Crippen LogP contribution in [0.1, 0.15) is 10.4 Å². The monoisotopic (exact) mass is 261 g/mol. The summed E-state index contributed by atoms with van der Waals surface area (Å²) in [5, 5.41) is 1.70. The number of halogens is 2. The van der Waals surface area contributed by atoms with Crippen LogP contribution in [0.3, 0.4) is 0 Å². The first-order valence-electron chi connectivity index (χ1n) is 4.86. The maximum absolute atomic E-state index is 11.7. The zero-order valence-electron chi connectivity index (χ0n) is 8.70. The molecule has 6 heteroatoms. The Hall–Kier alpha value is -0.840. The minimum Gasteiger partial charge on any atom is -0.285 e. The first kappa shape index (κ1) is 13.2. The molecule has 1 rings (SSSR count). The molecule has 0 saturated carbocycles. The van der Waals surface area contributed by atoms with Crippen molar-refractivity contribution in [3.8, 4) is 0 Å². The van der Waals surface area contributed by atoms with Crippen molar-refractivity contribution in [1.82, 2.24) is 15.4 Å². The average Bonchev–Trinajstić information content (AvgIpc) is 2.31. The summed E-state index contributed by atoms with van der Waals surface area (Å²) in [6.45, 7) is 1.12. The lowest BCUT2D eigenvalue weighted by molar-refractivity contribution is 0.0808. The van der Waals surface area contributed by atoms with Gasteiger partial charge in [-0.25, -0.2) is 5.01 Å². The maximum Gasteiger partial charge on any atom is 0.265 e. The molecule has 0 fully saturated rings. The molecule has 16 heavy (non-hydrogen) atoms. The predicted molar refractivity (Wildman–Crippen MR) is 64.7 cm³/mol. The van der Waals surface area contributed by atoms with Crippen LogP contribution in [-0.2, 0) is 0 Å². The lowest BCUT2D eigenvalue weighted by Crippen LogP contribution is -2.44. The van der Waals surface area contributed by atoms with E-state index in [1.807, 2.05) is 0 Å². The molecule has 4 nitrogen and oxygen atoms in total. The van der Waals surface area contributed by atoms with Crippen molar-refractivity contribution >= 4 is 29.1 Å². The van der Waals surface area contributed by atoms with Crippen LogP contribution in [0, 0.1) is 0 Å². The zero-order chi connectivity index (χ0) is 11.8. The van der Waals surface area contributed by atoms with Gasteiger partial charge in [0.25, 0.3) is 5.91 Å². The number of alkyl halides is 2. The number of carbonyl (C=O) groups is 1. The summed E-state index contributed by atoms with van der Waals surface area (Å²) in [5.74, 6) is 0.693. The number of aromatic nitrogens is 1. The smallest absolute Gasteiger partial charge is 0.265 e. The molecule has 0 aliphatic heterocycles. The van der Waals surface area contributed by atoms with E-state index < -0.39 is 0 Å². The molecule has 1 N–H and O–H groups in total. The van der Waals surface area contributed by atoms with E-state index in [1.54, 1.807) is 29.5 Å². The van der Waals surface area contributed by atoms with Gasteiger partial charge in [0.15, 0.2) is 0 Å².